The Morgan fingerprint density at radius 2 is 1.86 bits per heavy atom. The number of rotatable bonds is 7. The van der Waals surface area contributed by atoms with E-state index in [-0.39, 0.29) is 28.4 Å². The van der Waals surface area contributed by atoms with E-state index in [4.69, 9.17) is 0 Å². The summed E-state index contributed by atoms with van der Waals surface area (Å²) < 4.78 is 56.5. The van der Waals surface area contributed by atoms with Gasteiger partial charge in [-0.1, -0.05) is 37.6 Å². The molecule has 1 aromatic carbocycles. The van der Waals surface area contributed by atoms with Crippen molar-refractivity contribution in [2.45, 2.75) is 50.0 Å². The average Bonchev–Trinajstić information content (AvgIpc) is 3.54. The van der Waals surface area contributed by atoms with Gasteiger partial charge in [-0.15, -0.1) is 10.2 Å². The molecule has 0 bridgehead atoms. The molecule has 0 radical (unpaired) electrons. The van der Waals surface area contributed by atoms with Crippen molar-refractivity contribution in [1.29, 1.82) is 0 Å². The second kappa shape index (κ2) is 8.54. The molecule has 5 rings (SSSR count). The number of nitrogens with one attached hydrogen (secondary N) is 1. The number of aromatic nitrogens is 5. The zero-order valence-electron chi connectivity index (χ0n) is 19.4. The van der Waals surface area contributed by atoms with Gasteiger partial charge < -0.3 is 0 Å². The van der Waals surface area contributed by atoms with Crippen LogP contribution in [-0.2, 0) is 20.0 Å². The Bertz CT molecular complexity index is 1640. The summed E-state index contributed by atoms with van der Waals surface area (Å²) in [6, 6.07) is 8.11. The summed E-state index contributed by atoms with van der Waals surface area (Å²) in [4.78, 5) is 4.56. The van der Waals surface area contributed by atoms with E-state index in [1.807, 2.05) is 11.3 Å². The molecule has 12 heteroatoms. The summed E-state index contributed by atoms with van der Waals surface area (Å²) in [5.41, 5.74) is 2.31. The Morgan fingerprint density at radius 3 is 2.54 bits per heavy atom. The highest BCUT2D eigenvalue weighted by atomic mass is 32.2. The highest BCUT2D eigenvalue weighted by Crippen LogP contribution is 2.41. The molecule has 1 saturated carbocycles. The Labute approximate surface area is 203 Å². The standard InChI is InChI=1S/C23H26N6O4S2/c1-4-16-12-17(27-34(30,31)5-2)13-19(16)22-26-25-21-14-24-23-20(29(21)22)10-11-28(23)35(32,33)18-8-6-15(3)7-9-18/h5-11,14,16-17,19,27H,2,4,12-13H2,1,3H3/t16-,17+,19+/m1/s1. The largest absolute Gasteiger partial charge is 0.274 e. The Morgan fingerprint density at radius 1 is 1.11 bits per heavy atom. The molecule has 184 valence electrons. The number of sulfonamides is 1. The Balaban J connectivity index is 1.59. The third kappa shape index (κ3) is 4.05. The van der Waals surface area contributed by atoms with Crippen molar-refractivity contribution >= 4 is 36.9 Å². The van der Waals surface area contributed by atoms with Gasteiger partial charge in [-0.05, 0) is 43.9 Å². The van der Waals surface area contributed by atoms with Crippen molar-refractivity contribution in [3.63, 3.8) is 0 Å². The number of benzene rings is 1. The van der Waals surface area contributed by atoms with Crippen LogP contribution in [0.2, 0.25) is 0 Å². The highest BCUT2D eigenvalue weighted by molar-refractivity contribution is 7.92. The molecule has 1 fully saturated rings. The fraction of sp³-hybridized carbons (Fsp3) is 0.348. The number of fused-ring (bicyclic) bond motifs is 3. The second-order valence-electron chi connectivity index (χ2n) is 8.92. The minimum absolute atomic E-state index is 0.0600. The van der Waals surface area contributed by atoms with E-state index in [0.717, 1.165) is 17.4 Å². The number of aryl methyl sites for hydroxylation is 1. The predicted octanol–water partition coefficient (Wildman–Crippen LogP) is 2.96. The number of nitrogens with zero attached hydrogens (tertiary/aromatic N) is 5. The van der Waals surface area contributed by atoms with E-state index in [1.54, 1.807) is 30.3 Å². The van der Waals surface area contributed by atoms with Crippen LogP contribution in [-0.4, -0.2) is 46.4 Å². The number of hydrogen-bond acceptors (Lipinski definition) is 7. The van der Waals surface area contributed by atoms with Crippen LogP contribution in [0, 0.1) is 12.8 Å². The molecule has 4 aromatic rings. The van der Waals surface area contributed by atoms with Gasteiger partial charge in [0.1, 0.15) is 5.82 Å². The average molecular weight is 515 g/mol. The van der Waals surface area contributed by atoms with Crippen LogP contribution in [0.4, 0.5) is 0 Å². The van der Waals surface area contributed by atoms with Gasteiger partial charge in [0.25, 0.3) is 10.0 Å². The van der Waals surface area contributed by atoms with Crippen molar-refractivity contribution < 1.29 is 16.8 Å². The zero-order valence-corrected chi connectivity index (χ0v) is 21.0. The molecule has 0 unspecified atom stereocenters. The molecule has 3 aromatic heterocycles. The van der Waals surface area contributed by atoms with E-state index in [9.17, 15) is 16.8 Å². The molecule has 1 N–H and O–H groups in total. The molecule has 3 atom stereocenters. The smallest absolute Gasteiger partial charge is 0.269 e. The molecule has 10 nitrogen and oxygen atoms in total. The van der Waals surface area contributed by atoms with Crippen LogP contribution in [0.15, 0.2) is 59.6 Å². The molecule has 3 heterocycles. The van der Waals surface area contributed by atoms with Crippen molar-refractivity contribution in [1.82, 2.24) is 28.3 Å². The molecule has 1 aliphatic rings. The normalized spacial score (nSPS) is 21.1. The van der Waals surface area contributed by atoms with Gasteiger partial charge in [-0.25, -0.2) is 30.5 Å². The van der Waals surface area contributed by atoms with Gasteiger partial charge in [0.15, 0.2) is 11.3 Å². The monoisotopic (exact) mass is 514 g/mol. The number of hydrogen-bond donors (Lipinski definition) is 1. The quantitative estimate of drug-likeness (QED) is 0.401. The van der Waals surface area contributed by atoms with Crippen LogP contribution < -0.4 is 4.72 Å². The third-order valence-corrected chi connectivity index (χ3v) is 9.52. The lowest BCUT2D eigenvalue weighted by Gasteiger charge is -2.16. The van der Waals surface area contributed by atoms with E-state index in [1.165, 1.54) is 16.4 Å². The lowest BCUT2D eigenvalue weighted by Crippen LogP contribution is -2.31. The summed E-state index contributed by atoms with van der Waals surface area (Å²) >= 11 is 0. The van der Waals surface area contributed by atoms with Gasteiger partial charge in [0, 0.05) is 23.6 Å². The van der Waals surface area contributed by atoms with Crippen LogP contribution in [0.25, 0.3) is 16.8 Å². The Hall–Kier alpha value is -3.09. The van der Waals surface area contributed by atoms with Gasteiger partial charge in [0.05, 0.1) is 16.6 Å². The zero-order chi connectivity index (χ0) is 25.0. The van der Waals surface area contributed by atoms with E-state index < -0.39 is 20.0 Å². The summed E-state index contributed by atoms with van der Waals surface area (Å²) in [7, 11) is -7.41. The lowest BCUT2D eigenvalue weighted by atomic mass is 9.93. The summed E-state index contributed by atoms with van der Waals surface area (Å²) in [5.74, 6) is 0.793. The summed E-state index contributed by atoms with van der Waals surface area (Å²) in [5, 5.41) is 9.62. The maximum absolute atomic E-state index is 13.3. The lowest BCUT2D eigenvalue weighted by molar-refractivity contribution is 0.449. The van der Waals surface area contributed by atoms with Crippen LogP contribution in [0.1, 0.15) is 43.5 Å². The third-order valence-electron chi connectivity index (χ3n) is 6.74. The van der Waals surface area contributed by atoms with E-state index >= 15 is 0 Å². The minimum Gasteiger partial charge on any atom is -0.274 e. The first kappa shape index (κ1) is 23.6. The molecule has 1 aliphatic carbocycles. The molecule has 0 saturated heterocycles. The van der Waals surface area contributed by atoms with Crippen LogP contribution in [0.3, 0.4) is 0 Å². The van der Waals surface area contributed by atoms with Crippen molar-refractivity contribution in [3.8, 4) is 0 Å². The first-order chi connectivity index (χ1) is 16.6. The van der Waals surface area contributed by atoms with E-state index in [0.29, 0.717) is 29.8 Å². The SMILES string of the molecule is C=CS(=O)(=O)N[C@H]1C[C@@H](CC)[C@@H](c2nnc3cnc4c(ccn4S(=O)(=O)c4ccc(C)cc4)n23)C1. The molecule has 0 aliphatic heterocycles. The van der Waals surface area contributed by atoms with Gasteiger partial charge in [-0.3, -0.25) is 4.40 Å². The first-order valence-corrected chi connectivity index (χ1v) is 14.3. The second-order valence-corrected chi connectivity index (χ2v) is 12.4. The molecule has 35 heavy (non-hydrogen) atoms. The van der Waals surface area contributed by atoms with Gasteiger partial charge in [-0.2, -0.15) is 0 Å². The maximum Gasteiger partial charge on any atom is 0.269 e. The topological polar surface area (TPSA) is 128 Å². The fourth-order valence-corrected chi connectivity index (χ4v) is 7.03. The van der Waals surface area contributed by atoms with Crippen molar-refractivity contribution in [2.24, 2.45) is 5.92 Å². The fourth-order valence-electron chi connectivity index (χ4n) is 4.98. The first-order valence-electron chi connectivity index (χ1n) is 11.3. The van der Waals surface area contributed by atoms with Crippen LogP contribution in [0.5, 0.6) is 0 Å². The van der Waals surface area contributed by atoms with Gasteiger partial charge >= 0.3 is 0 Å². The van der Waals surface area contributed by atoms with Crippen LogP contribution >= 0.6 is 0 Å². The minimum atomic E-state index is -3.86. The van der Waals surface area contributed by atoms with Crippen molar-refractivity contribution in [3.05, 3.63) is 66.1 Å². The highest BCUT2D eigenvalue weighted by Gasteiger charge is 2.38. The summed E-state index contributed by atoms with van der Waals surface area (Å²) in [6.45, 7) is 7.33. The summed E-state index contributed by atoms with van der Waals surface area (Å²) in [6.07, 6.45) is 5.05. The Kier molecular flexibility index (Phi) is 5.77. The van der Waals surface area contributed by atoms with Gasteiger partial charge in [0.2, 0.25) is 10.0 Å². The molecular weight excluding hydrogens is 488 g/mol. The van der Waals surface area contributed by atoms with Crippen molar-refractivity contribution in [2.75, 3.05) is 0 Å². The molecular formula is C23H26N6O4S2. The van der Waals surface area contributed by atoms with E-state index in [2.05, 4.69) is 33.4 Å². The molecule has 0 spiro atoms. The predicted molar refractivity (Wildman–Crippen MR) is 132 cm³/mol. The molecule has 0 amide bonds. The maximum atomic E-state index is 13.3.